The summed E-state index contributed by atoms with van der Waals surface area (Å²) in [6.07, 6.45) is 0. The Labute approximate surface area is 102 Å². The molecule has 1 aromatic heterocycles. The molecule has 0 atom stereocenters. The standard InChI is InChI=1S/C8H8Cl3N3O/c1-4-3-5(2)13-7(12-4)14-6(15)8(9,10)11/h3H,1-2H3,(H,12,13,14,15). The molecule has 1 aromatic rings. The fraction of sp³-hybridized carbons (Fsp3) is 0.375. The maximum absolute atomic E-state index is 11.3. The molecule has 0 saturated heterocycles. The second-order valence-corrected chi connectivity index (χ2v) is 5.21. The molecule has 0 aromatic carbocycles. The molecule has 4 nitrogen and oxygen atoms in total. The van der Waals surface area contributed by atoms with E-state index in [-0.39, 0.29) is 5.95 Å². The van der Waals surface area contributed by atoms with E-state index < -0.39 is 9.70 Å². The van der Waals surface area contributed by atoms with Crippen LogP contribution >= 0.6 is 34.8 Å². The van der Waals surface area contributed by atoms with Gasteiger partial charge in [0.15, 0.2) is 0 Å². The third-order valence-electron chi connectivity index (χ3n) is 1.47. The molecule has 0 aliphatic heterocycles. The van der Waals surface area contributed by atoms with Crippen molar-refractivity contribution in [3.63, 3.8) is 0 Å². The molecule has 7 heteroatoms. The molecule has 0 saturated carbocycles. The lowest BCUT2D eigenvalue weighted by molar-refractivity contribution is -0.115. The Balaban J connectivity index is 2.86. The zero-order valence-corrected chi connectivity index (χ0v) is 10.3. The fourth-order valence-corrected chi connectivity index (χ4v) is 1.10. The van der Waals surface area contributed by atoms with Crippen LogP contribution in [0.3, 0.4) is 0 Å². The highest BCUT2D eigenvalue weighted by Gasteiger charge is 2.31. The smallest absolute Gasteiger partial charge is 0.278 e. The molecule has 1 heterocycles. The number of amides is 1. The normalized spacial score (nSPS) is 11.3. The van der Waals surface area contributed by atoms with Crippen LogP contribution in [0.4, 0.5) is 5.95 Å². The van der Waals surface area contributed by atoms with Crippen LogP contribution in [-0.4, -0.2) is 19.7 Å². The minimum Gasteiger partial charge on any atom is -0.291 e. The van der Waals surface area contributed by atoms with Crippen LogP contribution in [0, 0.1) is 13.8 Å². The van der Waals surface area contributed by atoms with Crippen LogP contribution in [0.15, 0.2) is 6.07 Å². The van der Waals surface area contributed by atoms with Gasteiger partial charge in [0, 0.05) is 11.4 Å². The number of rotatable bonds is 1. The number of carbonyl (C=O) groups excluding carboxylic acids is 1. The van der Waals surface area contributed by atoms with Gasteiger partial charge in [0.2, 0.25) is 5.95 Å². The summed E-state index contributed by atoms with van der Waals surface area (Å²) in [6, 6.07) is 1.77. The van der Waals surface area contributed by atoms with Crippen molar-refractivity contribution in [2.24, 2.45) is 0 Å². The lowest BCUT2D eigenvalue weighted by atomic mass is 10.4. The lowest BCUT2D eigenvalue weighted by Crippen LogP contribution is -2.28. The van der Waals surface area contributed by atoms with E-state index in [1.807, 2.05) is 0 Å². The number of hydrogen-bond donors (Lipinski definition) is 1. The molecule has 15 heavy (non-hydrogen) atoms. The van der Waals surface area contributed by atoms with E-state index in [4.69, 9.17) is 34.8 Å². The average Bonchev–Trinajstić information content (AvgIpc) is 1.99. The van der Waals surface area contributed by atoms with Crippen molar-refractivity contribution in [2.45, 2.75) is 17.6 Å². The SMILES string of the molecule is Cc1cc(C)nc(NC(=O)C(Cl)(Cl)Cl)n1. The van der Waals surface area contributed by atoms with E-state index in [1.54, 1.807) is 19.9 Å². The summed E-state index contributed by atoms with van der Waals surface area (Å²) in [5, 5.41) is 2.31. The first-order valence-corrected chi connectivity index (χ1v) is 5.13. The Bertz CT molecular complexity index is 369. The Morgan fingerprint density at radius 3 is 2.13 bits per heavy atom. The van der Waals surface area contributed by atoms with Crippen LogP contribution in [0.2, 0.25) is 0 Å². The van der Waals surface area contributed by atoms with Crippen LogP contribution in [0.1, 0.15) is 11.4 Å². The fourth-order valence-electron chi connectivity index (χ4n) is 0.954. The summed E-state index contributed by atoms with van der Waals surface area (Å²) >= 11 is 16.1. The Kier molecular flexibility index (Phi) is 3.76. The zero-order valence-electron chi connectivity index (χ0n) is 8.01. The summed E-state index contributed by atoms with van der Waals surface area (Å²) < 4.78 is -2.01. The summed E-state index contributed by atoms with van der Waals surface area (Å²) in [5.41, 5.74) is 1.45. The Morgan fingerprint density at radius 1 is 1.27 bits per heavy atom. The van der Waals surface area contributed by atoms with E-state index in [0.29, 0.717) is 0 Å². The van der Waals surface area contributed by atoms with Crippen LogP contribution in [-0.2, 0) is 4.79 Å². The zero-order chi connectivity index (χ0) is 11.6. The van der Waals surface area contributed by atoms with Crippen molar-refractivity contribution < 1.29 is 4.79 Å². The van der Waals surface area contributed by atoms with Crippen molar-refractivity contribution in [1.82, 2.24) is 9.97 Å². The number of alkyl halides is 3. The summed E-state index contributed by atoms with van der Waals surface area (Å²) in [4.78, 5) is 19.2. The molecule has 0 aliphatic carbocycles. The first kappa shape index (κ1) is 12.5. The molecule has 0 radical (unpaired) electrons. The van der Waals surface area contributed by atoms with Gasteiger partial charge in [-0.05, 0) is 19.9 Å². The number of nitrogens with one attached hydrogen (secondary N) is 1. The number of halogens is 3. The number of aryl methyl sites for hydroxylation is 2. The maximum atomic E-state index is 11.3. The topological polar surface area (TPSA) is 54.9 Å². The molecule has 1 N–H and O–H groups in total. The molecule has 1 rings (SSSR count). The predicted molar refractivity (Wildman–Crippen MR) is 60.4 cm³/mol. The Morgan fingerprint density at radius 2 is 1.73 bits per heavy atom. The van der Waals surface area contributed by atoms with Crippen molar-refractivity contribution >= 4 is 46.7 Å². The number of carbonyl (C=O) groups is 1. The van der Waals surface area contributed by atoms with Crippen LogP contribution in [0.5, 0.6) is 0 Å². The minimum absolute atomic E-state index is 0.129. The highest BCUT2D eigenvalue weighted by molar-refractivity contribution is 6.76. The van der Waals surface area contributed by atoms with Gasteiger partial charge in [0.05, 0.1) is 0 Å². The van der Waals surface area contributed by atoms with Gasteiger partial charge in [-0.25, -0.2) is 9.97 Å². The van der Waals surface area contributed by atoms with E-state index in [1.165, 1.54) is 0 Å². The van der Waals surface area contributed by atoms with Gasteiger partial charge >= 0.3 is 0 Å². The van der Waals surface area contributed by atoms with E-state index in [0.717, 1.165) is 11.4 Å². The third kappa shape index (κ3) is 3.81. The van der Waals surface area contributed by atoms with Gasteiger partial charge in [-0.15, -0.1) is 0 Å². The van der Waals surface area contributed by atoms with Crippen molar-refractivity contribution in [3.05, 3.63) is 17.5 Å². The molecule has 0 spiro atoms. The highest BCUT2D eigenvalue weighted by atomic mass is 35.6. The number of hydrogen-bond acceptors (Lipinski definition) is 3. The van der Waals surface area contributed by atoms with Gasteiger partial charge in [-0.1, -0.05) is 34.8 Å². The summed E-state index contributed by atoms with van der Waals surface area (Å²) in [5.74, 6) is -0.652. The van der Waals surface area contributed by atoms with Crippen LogP contribution < -0.4 is 5.32 Å². The van der Waals surface area contributed by atoms with Crippen molar-refractivity contribution in [2.75, 3.05) is 5.32 Å². The summed E-state index contributed by atoms with van der Waals surface area (Å²) in [7, 11) is 0. The molecule has 82 valence electrons. The average molecular weight is 269 g/mol. The van der Waals surface area contributed by atoms with E-state index >= 15 is 0 Å². The van der Waals surface area contributed by atoms with E-state index in [9.17, 15) is 4.79 Å². The third-order valence-corrected chi connectivity index (χ3v) is 1.98. The van der Waals surface area contributed by atoms with Gasteiger partial charge in [0.1, 0.15) is 0 Å². The number of aromatic nitrogens is 2. The van der Waals surface area contributed by atoms with Gasteiger partial charge in [0.25, 0.3) is 9.70 Å². The molecular weight excluding hydrogens is 260 g/mol. The lowest BCUT2D eigenvalue weighted by Gasteiger charge is -2.10. The van der Waals surface area contributed by atoms with Crippen molar-refractivity contribution in [1.29, 1.82) is 0 Å². The minimum atomic E-state index is -2.01. The van der Waals surface area contributed by atoms with Crippen molar-refractivity contribution in [3.8, 4) is 0 Å². The van der Waals surface area contributed by atoms with Crippen LogP contribution in [0.25, 0.3) is 0 Å². The molecule has 0 aliphatic rings. The molecule has 0 bridgehead atoms. The number of nitrogens with zero attached hydrogens (tertiary/aromatic N) is 2. The highest BCUT2D eigenvalue weighted by Crippen LogP contribution is 2.27. The first-order chi connectivity index (χ1) is 6.79. The van der Waals surface area contributed by atoms with E-state index in [2.05, 4.69) is 15.3 Å². The monoisotopic (exact) mass is 267 g/mol. The quantitative estimate of drug-likeness (QED) is 0.796. The van der Waals surface area contributed by atoms with Gasteiger partial charge in [-0.3, -0.25) is 10.1 Å². The largest absolute Gasteiger partial charge is 0.291 e. The second-order valence-electron chi connectivity index (χ2n) is 2.93. The first-order valence-electron chi connectivity index (χ1n) is 3.99. The predicted octanol–water partition coefficient (Wildman–Crippen LogP) is 2.40. The Hall–Kier alpha value is -0.580. The molecular formula is C8H8Cl3N3O. The van der Waals surface area contributed by atoms with Gasteiger partial charge in [-0.2, -0.15) is 0 Å². The molecule has 1 amide bonds. The van der Waals surface area contributed by atoms with Gasteiger partial charge < -0.3 is 0 Å². The molecule has 0 fully saturated rings. The maximum Gasteiger partial charge on any atom is 0.278 e. The number of anilines is 1. The summed E-state index contributed by atoms with van der Waals surface area (Å²) in [6.45, 7) is 3.55. The molecule has 0 unspecified atom stereocenters. The second kappa shape index (κ2) is 4.51.